The first-order valence-corrected chi connectivity index (χ1v) is 8.97. The molecule has 0 aliphatic heterocycles. The second-order valence-corrected chi connectivity index (χ2v) is 8.48. The van der Waals surface area contributed by atoms with Crippen LogP contribution in [0.1, 0.15) is 31.9 Å². The Hall–Kier alpha value is -2.05. The lowest BCUT2D eigenvalue weighted by Gasteiger charge is -2.16. The molecule has 0 spiro atoms. The number of benzene rings is 1. The summed E-state index contributed by atoms with van der Waals surface area (Å²) in [7, 11) is 1.67. The van der Waals surface area contributed by atoms with Gasteiger partial charge in [-0.05, 0) is 23.8 Å². The third-order valence-electron chi connectivity index (χ3n) is 3.22. The third-order valence-corrected chi connectivity index (χ3v) is 4.27. The van der Waals surface area contributed by atoms with Gasteiger partial charge in [-0.15, -0.1) is 11.8 Å². The van der Waals surface area contributed by atoms with E-state index in [1.807, 2.05) is 36.5 Å². The number of aromatic nitrogens is 1. The first-order valence-electron chi connectivity index (χ1n) is 8.15. The van der Waals surface area contributed by atoms with Gasteiger partial charge < -0.3 is 15.8 Å². The van der Waals surface area contributed by atoms with Crippen LogP contribution >= 0.6 is 11.8 Å². The molecule has 0 aliphatic rings. The highest BCUT2D eigenvalue weighted by molar-refractivity contribution is 8.00. The second kappa shape index (κ2) is 8.87. The van der Waals surface area contributed by atoms with Gasteiger partial charge in [-0.2, -0.15) is 0 Å². The zero-order valence-corrected chi connectivity index (χ0v) is 16.1. The number of ether oxygens (including phenoxy) is 1. The molecule has 2 rings (SSSR count). The molecule has 25 heavy (non-hydrogen) atoms. The molecular weight excluding hydrogens is 332 g/mol. The molecule has 1 aromatic heterocycles. The first-order chi connectivity index (χ1) is 11.9. The molecule has 1 heterocycles. The molecule has 0 radical (unpaired) electrons. The van der Waals surface area contributed by atoms with E-state index in [1.165, 1.54) is 0 Å². The summed E-state index contributed by atoms with van der Waals surface area (Å²) in [5.41, 5.74) is 9.06. The van der Waals surface area contributed by atoms with E-state index in [-0.39, 0.29) is 4.75 Å². The third kappa shape index (κ3) is 6.76. The number of hydrogen-bond acceptors (Lipinski definition) is 4. The molecule has 0 bridgehead atoms. The zero-order chi connectivity index (χ0) is 18.3. The van der Waals surface area contributed by atoms with Gasteiger partial charge in [-0.25, -0.2) is 9.98 Å². The van der Waals surface area contributed by atoms with Crippen LogP contribution in [0.25, 0.3) is 0 Å². The lowest BCUT2D eigenvalue weighted by Crippen LogP contribution is -2.23. The van der Waals surface area contributed by atoms with Crippen molar-refractivity contribution >= 4 is 23.4 Å². The van der Waals surface area contributed by atoms with Crippen molar-refractivity contribution in [2.75, 3.05) is 12.4 Å². The highest BCUT2D eigenvalue weighted by Crippen LogP contribution is 2.30. The predicted molar refractivity (Wildman–Crippen MR) is 106 cm³/mol. The monoisotopic (exact) mass is 358 g/mol. The normalized spacial score (nSPS) is 12.2. The molecule has 1 aromatic carbocycles. The summed E-state index contributed by atoms with van der Waals surface area (Å²) in [5, 5.41) is 4.14. The van der Waals surface area contributed by atoms with E-state index in [0.29, 0.717) is 19.1 Å². The molecule has 0 amide bonds. The number of hydrogen-bond donors (Lipinski definition) is 2. The highest BCUT2D eigenvalue weighted by Gasteiger charge is 2.13. The molecule has 134 valence electrons. The van der Waals surface area contributed by atoms with Crippen LogP contribution < -0.4 is 11.1 Å². The van der Waals surface area contributed by atoms with Crippen molar-refractivity contribution in [3.63, 3.8) is 0 Å². The van der Waals surface area contributed by atoms with Crippen molar-refractivity contribution in [2.45, 2.75) is 43.7 Å². The van der Waals surface area contributed by atoms with Crippen LogP contribution in [0, 0.1) is 0 Å². The smallest absolute Gasteiger partial charge is 0.193 e. The molecule has 0 saturated carbocycles. The molecule has 0 atom stereocenters. The van der Waals surface area contributed by atoms with Crippen molar-refractivity contribution in [3.05, 3.63) is 53.7 Å². The van der Waals surface area contributed by atoms with Crippen LogP contribution in [0.15, 0.2) is 52.6 Å². The van der Waals surface area contributed by atoms with Crippen LogP contribution in [0.2, 0.25) is 0 Å². The highest BCUT2D eigenvalue weighted by atomic mass is 32.2. The molecule has 0 aliphatic carbocycles. The molecule has 6 heteroatoms. The SMILES string of the molecule is COCc1ccccc1NC(N)=NCc1ccnc(SC(C)(C)C)c1. The summed E-state index contributed by atoms with van der Waals surface area (Å²) in [5.74, 6) is 0.380. The molecule has 2 aromatic rings. The largest absolute Gasteiger partial charge is 0.380 e. The number of rotatable bonds is 6. The van der Waals surface area contributed by atoms with Crippen molar-refractivity contribution < 1.29 is 4.74 Å². The molecule has 3 N–H and O–H groups in total. The number of nitrogens with zero attached hydrogens (tertiary/aromatic N) is 2. The first kappa shape index (κ1) is 19.3. The van der Waals surface area contributed by atoms with Crippen LogP contribution in [0.5, 0.6) is 0 Å². The minimum Gasteiger partial charge on any atom is -0.380 e. The molecule has 0 unspecified atom stereocenters. The Kier molecular flexibility index (Phi) is 6.84. The number of nitrogens with one attached hydrogen (secondary N) is 1. The Labute approximate surface area is 154 Å². The van der Waals surface area contributed by atoms with Crippen molar-refractivity contribution in [1.29, 1.82) is 0 Å². The summed E-state index contributed by atoms with van der Waals surface area (Å²) < 4.78 is 5.33. The van der Waals surface area contributed by atoms with Gasteiger partial charge >= 0.3 is 0 Å². The van der Waals surface area contributed by atoms with Gasteiger partial charge in [0.05, 0.1) is 18.2 Å². The van der Waals surface area contributed by atoms with Crippen LogP contribution in [-0.2, 0) is 17.9 Å². The number of nitrogens with two attached hydrogens (primary N) is 1. The Morgan fingerprint density at radius 3 is 2.76 bits per heavy atom. The molecule has 0 saturated heterocycles. The summed E-state index contributed by atoms with van der Waals surface area (Å²) in [6.07, 6.45) is 1.82. The van der Waals surface area contributed by atoms with E-state index >= 15 is 0 Å². The van der Waals surface area contributed by atoms with Crippen LogP contribution in [0.3, 0.4) is 0 Å². The standard InChI is InChI=1S/C19H26N4OS/c1-19(2,3)25-17-11-14(9-10-21-17)12-22-18(20)23-16-8-6-5-7-15(16)13-24-4/h5-11H,12-13H2,1-4H3,(H3,20,22,23). The number of guanidine groups is 1. The molecule has 5 nitrogen and oxygen atoms in total. The minimum atomic E-state index is 0.126. The number of anilines is 1. The molecular formula is C19H26N4OS. The number of thioether (sulfide) groups is 1. The maximum Gasteiger partial charge on any atom is 0.193 e. The lowest BCUT2D eigenvalue weighted by atomic mass is 10.2. The van der Waals surface area contributed by atoms with Crippen molar-refractivity contribution in [2.24, 2.45) is 10.7 Å². The number of para-hydroxylation sites is 1. The van der Waals surface area contributed by atoms with Gasteiger partial charge in [0, 0.05) is 29.3 Å². The second-order valence-electron chi connectivity index (χ2n) is 6.63. The van der Waals surface area contributed by atoms with Gasteiger partial charge in [0.25, 0.3) is 0 Å². The topological polar surface area (TPSA) is 72.5 Å². The van der Waals surface area contributed by atoms with Gasteiger partial charge in [0.15, 0.2) is 5.96 Å². The number of pyridine rings is 1. The minimum absolute atomic E-state index is 0.126. The average Bonchev–Trinajstić information content (AvgIpc) is 2.54. The van der Waals surface area contributed by atoms with Gasteiger partial charge in [0.2, 0.25) is 0 Å². The summed E-state index contributed by atoms with van der Waals surface area (Å²) in [6.45, 7) is 7.54. The fraction of sp³-hybridized carbons (Fsp3) is 0.368. The Morgan fingerprint density at radius 2 is 2.04 bits per heavy atom. The van der Waals surface area contributed by atoms with E-state index in [4.69, 9.17) is 10.5 Å². The van der Waals surface area contributed by atoms with Crippen molar-refractivity contribution in [1.82, 2.24) is 4.98 Å². The maximum absolute atomic E-state index is 6.04. The zero-order valence-electron chi connectivity index (χ0n) is 15.2. The van der Waals surface area contributed by atoms with E-state index in [2.05, 4.69) is 42.1 Å². The van der Waals surface area contributed by atoms with E-state index < -0.39 is 0 Å². The van der Waals surface area contributed by atoms with Crippen LogP contribution in [-0.4, -0.2) is 22.8 Å². The molecule has 0 fully saturated rings. The summed E-state index contributed by atoms with van der Waals surface area (Å²) >= 11 is 1.74. The van der Waals surface area contributed by atoms with Gasteiger partial charge in [-0.1, -0.05) is 39.0 Å². The van der Waals surface area contributed by atoms with Gasteiger partial charge in [0.1, 0.15) is 0 Å². The van der Waals surface area contributed by atoms with E-state index in [1.54, 1.807) is 18.9 Å². The Balaban J connectivity index is 2.03. The van der Waals surface area contributed by atoms with Crippen molar-refractivity contribution in [3.8, 4) is 0 Å². The quantitative estimate of drug-likeness (QED) is 0.463. The van der Waals surface area contributed by atoms with E-state index in [9.17, 15) is 0 Å². The van der Waals surface area contributed by atoms with Gasteiger partial charge in [-0.3, -0.25) is 0 Å². The van der Waals surface area contributed by atoms with Crippen LogP contribution in [0.4, 0.5) is 5.69 Å². The summed E-state index contributed by atoms with van der Waals surface area (Å²) in [4.78, 5) is 8.84. The number of methoxy groups -OCH3 is 1. The van der Waals surface area contributed by atoms with E-state index in [0.717, 1.165) is 21.8 Å². The average molecular weight is 359 g/mol. The predicted octanol–water partition coefficient (Wildman–Crippen LogP) is 4.05. The number of aliphatic imine (C=N–C) groups is 1. The maximum atomic E-state index is 6.04. The Morgan fingerprint density at radius 1 is 1.28 bits per heavy atom. The fourth-order valence-corrected chi connectivity index (χ4v) is 3.15. The Bertz CT molecular complexity index is 725. The fourth-order valence-electron chi connectivity index (χ4n) is 2.20. The lowest BCUT2D eigenvalue weighted by molar-refractivity contribution is 0.185. The summed E-state index contributed by atoms with van der Waals surface area (Å²) in [6, 6.07) is 11.9.